The summed E-state index contributed by atoms with van der Waals surface area (Å²) in [6.07, 6.45) is 2.84. The van der Waals surface area contributed by atoms with E-state index in [2.05, 4.69) is 17.9 Å². The Labute approximate surface area is 84.3 Å². The van der Waals surface area contributed by atoms with Gasteiger partial charge in [0.25, 0.3) is 0 Å². The maximum absolute atomic E-state index is 11.5. The lowest BCUT2D eigenvalue weighted by Crippen LogP contribution is -2.43. The van der Waals surface area contributed by atoms with Crippen LogP contribution in [0.25, 0.3) is 0 Å². The predicted molar refractivity (Wildman–Crippen MR) is 55.0 cm³/mol. The number of carbonyl (C=O) groups excluding carboxylic acids is 1. The number of rotatable bonds is 1. The molecule has 1 N–H and O–H groups in total. The van der Waals surface area contributed by atoms with Gasteiger partial charge in [0.05, 0.1) is 0 Å². The molecule has 1 amide bonds. The zero-order chi connectivity index (χ0) is 9.26. The normalized spacial score (nSPS) is 31.3. The Hall–Kier alpha value is -0.220. The molecule has 0 spiro atoms. The summed E-state index contributed by atoms with van der Waals surface area (Å²) in [6, 6.07) is 0.478. The first kappa shape index (κ1) is 9.34. The van der Waals surface area contributed by atoms with Gasteiger partial charge in [-0.15, -0.1) is 0 Å². The van der Waals surface area contributed by atoms with Gasteiger partial charge in [-0.25, -0.2) is 0 Å². The molecule has 74 valence electrons. The first-order chi connectivity index (χ1) is 6.27. The second-order valence-electron chi connectivity index (χ2n) is 3.89. The largest absolute Gasteiger partial charge is 0.338 e. The second-order valence-corrected chi connectivity index (χ2v) is 4.62. The van der Waals surface area contributed by atoms with Gasteiger partial charge in [-0.1, -0.05) is 0 Å². The number of hydrogen-bond acceptors (Lipinski definition) is 3. The third-order valence-electron chi connectivity index (χ3n) is 2.89. The van der Waals surface area contributed by atoms with Crippen LogP contribution < -0.4 is 5.32 Å². The molecular formula is C9H16N2OS. The highest BCUT2D eigenvalue weighted by Gasteiger charge is 2.32. The fourth-order valence-corrected chi connectivity index (χ4v) is 2.52. The highest BCUT2D eigenvalue weighted by Crippen LogP contribution is 2.22. The van der Waals surface area contributed by atoms with Crippen LogP contribution in [0.5, 0.6) is 0 Å². The number of thiol groups is 1. The summed E-state index contributed by atoms with van der Waals surface area (Å²) in [5.41, 5.74) is 0. The number of amides is 1. The molecule has 2 rings (SSSR count). The molecule has 2 fully saturated rings. The van der Waals surface area contributed by atoms with E-state index in [1.54, 1.807) is 0 Å². The standard InChI is InChI=1S/C9H16N2OS/c12-9-5-8(13)6-11(9)7-1-3-10-4-2-7/h7-8,10,13H,1-6H2. The summed E-state index contributed by atoms with van der Waals surface area (Å²) in [7, 11) is 0. The van der Waals surface area contributed by atoms with Gasteiger partial charge in [0, 0.05) is 24.3 Å². The minimum atomic E-state index is 0.266. The van der Waals surface area contributed by atoms with Crippen molar-refractivity contribution in [2.45, 2.75) is 30.6 Å². The molecule has 2 aliphatic rings. The second kappa shape index (κ2) is 3.88. The van der Waals surface area contributed by atoms with Crippen LogP contribution in [-0.4, -0.2) is 41.7 Å². The predicted octanol–water partition coefficient (Wildman–Crippen LogP) is 0.269. The van der Waals surface area contributed by atoms with E-state index >= 15 is 0 Å². The topological polar surface area (TPSA) is 32.3 Å². The van der Waals surface area contributed by atoms with Crippen LogP contribution in [0.4, 0.5) is 0 Å². The summed E-state index contributed by atoms with van der Waals surface area (Å²) in [4.78, 5) is 13.6. The van der Waals surface area contributed by atoms with Crippen LogP contribution in [-0.2, 0) is 4.79 Å². The SMILES string of the molecule is O=C1CC(S)CN1C1CCNCC1. The smallest absolute Gasteiger partial charge is 0.224 e. The van der Waals surface area contributed by atoms with Gasteiger partial charge >= 0.3 is 0 Å². The fraction of sp³-hybridized carbons (Fsp3) is 0.889. The third kappa shape index (κ3) is 1.99. The molecule has 0 aromatic rings. The molecule has 0 aromatic carbocycles. The Balaban J connectivity index is 1.95. The minimum absolute atomic E-state index is 0.266. The first-order valence-electron chi connectivity index (χ1n) is 4.95. The number of nitrogens with one attached hydrogen (secondary N) is 1. The van der Waals surface area contributed by atoms with E-state index in [1.165, 1.54) is 0 Å². The first-order valence-corrected chi connectivity index (χ1v) is 5.47. The van der Waals surface area contributed by atoms with Gasteiger partial charge in [-0.05, 0) is 25.9 Å². The van der Waals surface area contributed by atoms with Gasteiger partial charge < -0.3 is 10.2 Å². The van der Waals surface area contributed by atoms with Crippen LogP contribution in [0.1, 0.15) is 19.3 Å². The molecule has 0 saturated carbocycles. The lowest BCUT2D eigenvalue weighted by atomic mass is 10.1. The van der Waals surface area contributed by atoms with Crippen LogP contribution in [0.15, 0.2) is 0 Å². The van der Waals surface area contributed by atoms with Crippen molar-refractivity contribution in [3.05, 3.63) is 0 Å². The van der Waals surface area contributed by atoms with Crippen LogP contribution in [0, 0.1) is 0 Å². The summed E-state index contributed by atoms with van der Waals surface area (Å²) in [5.74, 6) is 0.298. The molecular weight excluding hydrogens is 184 g/mol. The molecule has 3 nitrogen and oxygen atoms in total. The van der Waals surface area contributed by atoms with Crippen molar-refractivity contribution in [3.63, 3.8) is 0 Å². The van der Waals surface area contributed by atoms with Gasteiger partial charge in [0.1, 0.15) is 0 Å². The Morgan fingerprint density at radius 2 is 2.08 bits per heavy atom. The van der Waals surface area contributed by atoms with Crippen molar-refractivity contribution in [1.82, 2.24) is 10.2 Å². The van der Waals surface area contributed by atoms with Crippen LogP contribution in [0.3, 0.4) is 0 Å². The lowest BCUT2D eigenvalue weighted by Gasteiger charge is -2.31. The van der Waals surface area contributed by atoms with E-state index < -0.39 is 0 Å². The summed E-state index contributed by atoms with van der Waals surface area (Å²) < 4.78 is 0. The van der Waals surface area contributed by atoms with Crippen molar-refractivity contribution in [3.8, 4) is 0 Å². The molecule has 0 aliphatic carbocycles. The summed E-state index contributed by atoms with van der Waals surface area (Å²) in [6.45, 7) is 2.95. The van der Waals surface area contributed by atoms with E-state index in [-0.39, 0.29) is 5.25 Å². The van der Waals surface area contributed by atoms with E-state index in [0.717, 1.165) is 32.5 Å². The number of likely N-dealkylation sites (tertiary alicyclic amines) is 1. The maximum atomic E-state index is 11.5. The minimum Gasteiger partial charge on any atom is -0.338 e. The van der Waals surface area contributed by atoms with E-state index in [4.69, 9.17) is 0 Å². The van der Waals surface area contributed by atoms with Crippen molar-refractivity contribution < 1.29 is 4.79 Å². The third-order valence-corrected chi connectivity index (χ3v) is 3.23. The number of nitrogens with zero attached hydrogens (tertiary/aromatic N) is 1. The van der Waals surface area contributed by atoms with Crippen molar-refractivity contribution >= 4 is 18.5 Å². The zero-order valence-corrected chi connectivity index (χ0v) is 8.59. The quantitative estimate of drug-likeness (QED) is 0.596. The van der Waals surface area contributed by atoms with Crippen molar-refractivity contribution in [2.75, 3.05) is 19.6 Å². The average molecular weight is 200 g/mol. The van der Waals surface area contributed by atoms with E-state index in [9.17, 15) is 4.79 Å². The summed E-state index contributed by atoms with van der Waals surface area (Å²) in [5, 5.41) is 3.57. The number of piperidine rings is 1. The van der Waals surface area contributed by atoms with Crippen LogP contribution in [0.2, 0.25) is 0 Å². The molecule has 1 atom stereocenters. The Bertz CT molecular complexity index is 204. The maximum Gasteiger partial charge on any atom is 0.224 e. The molecule has 2 aliphatic heterocycles. The van der Waals surface area contributed by atoms with Crippen molar-refractivity contribution in [1.29, 1.82) is 0 Å². The Morgan fingerprint density at radius 3 is 2.62 bits per heavy atom. The molecule has 0 bridgehead atoms. The molecule has 2 heterocycles. The molecule has 13 heavy (non-hydrogen) atoms. The molecule has 0 radical (unpaired) electrons. The molecule has 2 saturated heterocycles. The zero-order valence-electron chi connectivity index (χ0n) is 7.70. The van der Waals surface area contributed by atoms with Gasteiger partial charge in [0.15, 0.2) is 0 Å². The van der Waals surface area contributed by atoms with E-state index in [1.807, 2.05) is 4.90 Å². The summed E-state index contributed by atoms with van der Waals surface area (Å²) >= 11 is 4.35. The molecule has 0 aromatic heterocycles. The average Bonchev–Trinajstić information content (AvgIpc) is 2.47. The molecule has 4 heteroatoms. The monoisotopic (exact) mass is 200 g/mol. The Kier molecular flexibility index (Phi) is 2.79. The van der Waals surface area contributed by atoms with Gasteiger partial charge in [-0.3, -0.25) is 4.79 Å². The van der Waals surface area contributed by atoms with E-state index in [0.29, 0.717) is 18.4 Å². The van der Waals surface area contributed by atoms with Crippen molar-refractivity contribution in [2.24, 2.45) is 0 Å². The molecule has 1 unspecified atom stereocenters. The van der Waals surface area contributed by atoms with Gasteiger partial charge in [-0.2, -0.15) is 12.6 Å². The highest BCUT2D eigenvalue weighted by molar-refractivity contribution is 7.81. The van der Waals surface area contributed by atoms with Crippen LogP contribution >= 0.6 is 12.6 Å². The Morgan fingerprint density at radius 1 is 1.38 bits per heavy atom. The fourth-order valence-electron chi connectivity index (χ4n) is 2.18. The highest BCUT2D eigenvalue weighted by atomic mass is 32.1. The number of carbonyl (C=O) groups is 1. The lowest BCUT2D eigenvalue weighted by molar-refractivity contribution is -0.130. The number of hydrogen-bond donors (Lipinski definition) is 2. The van der Waals surface area contributed by atoms with Gasteiger partial charge in [0.2, 0.25) is 5.91 Å².